The number of nitrogens with zero attached hydrogens (tertiary/aromatic N) is 4. The summed E-state index contributed by atoms with van der Waals surface area (Å²) in [5.41, 5.74) is 24.1. The molecule has 2 aliphatic heterocycles. The maximum absolute atomic E-state index is 7.58. The summed E-state index contributed by atoms with van der Waals surface area (Å²) in [6, 6.07) is 127. The van der Waals surface area contributed by atoms with E-state index in [-0.39, 0.29) is 0 Å². The summed E-state index contributed by atoms with van der Waals surface area (Å²) in [4.78, 5) is 21.4. The van der Waals surface area contributed by atoms with Gasteiger partial charge in [-0.15, -0.1) is 0 Å². The fraction of sp³-hybridized carbons (Fsp3) is 0.0204. The lowest BCUT2D eigenvalue weighted by Gasteiger charge is -2.40. The Morgan fingerprint density at radius 1 is 0.183 bits per heavy atom. The van der Waals surface area contributed by atoms with Crippen molar-refractivity contribution in [2.75, 3.05) is 0 Å². The van der Waals surface area contributed by atoms with Crippen molar-refractivity contribution in [3.8, 4) is 124 Å². The Labute approximate surface area is 600 Å². The Hall–Kier alpha value is -13.7. The number of rotatable bonds is 7. The Balaban J connectivity index is 0.668. The van der Waals surface area contributed by atoms with E-state index in [4.69, 9.17) is 29.4 Å². The molecule has 1 atom stereocenters. The number of hydrogen-bond acceptors (Lipinski definition) is 6. The van der Waals surface area contributed by atoms with Crippen LogP contribution in [0.25, 0.3) is 144 Å². The molecule has 2 aliphatic carbocycles. The van der Waals surface area contributed by atoms with Gasteiger partial charge in [-0.25, -0.2) is 19.9 Å². The fourth-order valence-electron chi connectivity index (χ4n) is 17.7. The molecule has 4 aliphatic rings. The highest BCUT2D eigenvalue weighted by Crippen LogP contribution is 2.66. The van der Waals surface area contributed by atoms with E-state index < -0.39 is 10.8 Å². The maximum Gasteiger partial charge on any atom is 0.160 e. The highest BCUT2D eigenvalue weighted by molar-refractivity contribution is 6.04. The van der Waals surface area contributed by atoms with Gasteiger partial charge in [-0.2, -0.15) is 0 Å². The largest absolute Gasteiger partial charge is 0.455 e. The van der Waals surface area contributed by atoms with Gasteiger partial charge < -0.3 is 9.47 Å². The van der Waals surface area contributed by atoms with E-state index >= 15 is 0 Å². The van der Waals surface area contributed by atoms with Crippen LogP contribution in [0.4, 0.5) is 0 Å². The van der Waals surface area contributed by atoms with Crippen molar-refractivity contribution in [2.45, 2.75) is 10.8 Å². The SMILES string of the molecule is c1ccc(-c2cc(-c3ccc4c(c3)-c3ccccc3C43c4ccc5ccccc5c4Oc4c3ccc3ccc(-c5ccc(-c6cc(-c7ccccc7)nc(-c7ccc8c(c7)-c7ccccc7C87c8ccc9ccccc9c8Oc8c7ccc7ccccc87)n6)cc5)cc43)nc(-c3ccccc3)n2)cc1. The fourth-order valence-corrected chi connectivity index (χ4v) is 17.7. The Morgan fingerprint density at radius 3 is 0.971 bits per heavy atom. The molecule has 0 amide bonds. The molecular weight excluding hydrogens is 1270 g/mol. The summed E-state index contributed by atoms with van der Waals surface area (Å²) in [6.45, 7) is 0. The predicted molar refractivity (Wildman–Crippen MR) is 420 cm³/mol. The van der Waals surface area contributed by atoms with E-state index in [9.17, 15) is 0 Å². The van der Waals surface area contributed by atoms with Crippen molar-refractivity contribution in [1.29, 1.82) is 0 Å². The van der Waals surface area contributed by atoms with Crippen molar-refractivity contribution in [1.82, 2.24) is 19.9 Å². The van der Waals surface area contributed by atoms with E-state index in [1.165, 1.54) is 33.4 Å². The van der Waals surface area contributed by atoms with Gasteiger partial charge in [0.05, 0.1) is 33.6 Å². The number of hydrogen-bond donors (Lipinski definition) is 0. The second-order valence-electron chi connectivity index (χ2n) is 27.8. The van der Waals surface area contributed by atoms with Gasteiger partial charge in [0.2, 0.25) is 0 Å². The highest BCUT2D eigenvalue weighted by atomic mass is 16.5. The molecule has 0 N–H and O–H groups in total. The van der Waals surface area contributed by atoms with Crippen molar-refractivity contribution in [3.63, 3.8) is 0 Å². The zero-order chi connectivity index (χ0) is 68.2. The molecule has 2 aromatic heterocycles. The molecule has 2 spiro atoms. The predicted octanol–water partition coefficient (Wildman–Crippen LogP) is 24.5. The van der Waals surface area contributed by atoms with Gasteiger partial charge in [0.15, 0.2) is 11.6 Å². The molecule has 22 rings (SSSR count). The first-order chi connectivity index (χ1) is 51.5. The van der Waals surface area contributed by atoms with Gasteiger partial charge in [-0.1, -0.05) is 322 Å². The van der Waals surface area contributed by atoms with Crippen LogP contribution in [0.15, 0.2) is 352 Å². The third-order valence-corrected chi connectivity index (χ3v) is 22.4. The van der Waals surface area contributed by atoms with Crippen LogP contribution in [0, 0.1) is 0 Å². The molecule has 1 unspecified atom stereocenters. The molecule has 0 radical (unpaired) electrons. The third-order valence-electron chi connectivity index (χ3n) is 22.4. The molecule has 0 saturated carbocycles. The lowest BCUT2D eigenvalue weighted by Crippen LogP contribution is -2.32. The van der Waals surface area contributed by atoms with Crippen LogP contribution < -0.4 is 9.47 Å². The molecule has 6 nitrogen and oxygen atoms in total. The topological polar surface area (TPSA) is 70.0 Å². The van der Waals surface area contributed by atoms with Crippen LogP contribution in [0.5, 0.6) is 23.0 Å². The zero-order valence-electron chi connectivity index (χ0n) is 56.1. The summed E-state index contributed by atoms with van der Waals surface area (Å²) < 4.78 is 14.8. The normalized spacial score (nSPS) is 14.4. The molecule has 16 aromatic carbocycles. The highest BCUT2D eigenvalue weighted by Gasteiger charge is 2.54. The lowest BCUT2D eigenvalue weighted by atomic mass is 9.65. The van der Waals surface area contributed by atoms with Crippen molar-refractivity contribution >= 4 is 43.1 Å². The van der Waals surface area contributed by atoms with E-state index in [1.54, 1.807) is 0 Å². The first kappa shape index (κ1) is 58.1. The van der Waals surface area contributed by atoms with Gasteiger partial charge >= 0.3 is 0 Å². The Bertz CT molecular complexity index is 6530. The van der Waals surface area contributed by atoms with Gasteiger partial charge in [-0.3, -0.25) is 0 Å². The Kier molecular flexibility index (Phi) is 12.5. The summed E-state index contributed by atoms with van der Waals surface area (Å²) >= 11 is 0. The van der Waals surface area contributed by atoms with Crippen LogP contribution in [0.3, 0.4) is 0 Å². The summed E-state index contributed by atoms with van der Waals surface area (Å²) in [7, 11) is 0. The van der Waals surface area contributed by atoms with Gasteiger partial charge in [0.25, 0.3) is 0 Å². The number of benzene rings is 16. The zero-order valence-corrected chi connectivity index (χ0v) is 56.1. The Morgan fingerprint density at radius 2 is 0.490 bits per heavy atom. The van der Waals surface area contributed by atoms with Crippen molar-refractivity contribution in [2.24, 2.45) is 0 Å². The first-order valence-corrected chi connectivity index (χ1v) is 35.6. The second-order valence-corrected chi connectivity index (χ2v) is 27.8. The molecule has 0 fully saturated rings. The molecule has 18 aromatic rings. The van der Waals surface area contributed by atoms with Crippen LogP contribution in [0.1, 0.15) is 44.5 Å². The van der Waals surface area contributed by atoms with Crippen LogP contribution >= 0.6 is 0 Å². The van der Waals surface area contributed by atoms with Crippen molar-refractivity contribution in [3.05, 3.63) is 396 Å². The number of fused-ring (bicyclic) bond motifs is 26. The third kappa shape index (κ3) is 8.45. The van der Waals surface area contributed by atoms with Crippen molar-refractivity contribution < 1.29 is 9.47 Å². The molecule has 0 saturated heterocycles. The molecule has 4 heterocycles. The molecule has 6 heteroatoms. The van der Waals surface area contributed by atoms with Gasteiger partial charge in [0, 0.05) is 77.2 Å². The van der Waals surface area contributed by atoms with Crippen LogP contribution in [0.2, 0.25) is 0 Å². The summed E-state index contributed by atoms with van der Waals surface area (Å²) in [5.74, 6) is 4.84. The minimum Gasteiger partial charge on any atom is -0.455 e. The maximum atomic E-state index is 7.58. The van der Waals surface area contributed by atoms with E-state index in [2.05, 4.69) is 328 Å². The second kappa shape index (κ2) is 22.4. The molecule has 0 bridgehead atoms. The minimum atomic E-state index is -0.741. The standard InChI is InChI=1S/C98H58N4O2/c1-4-23-64(24-5-1)87-57-89(101-96(100-87)70-47-49-82-78(56-70)75-33-17-19-35-80(75)97(82)83-50-42-60-20-10-13-29-71(60)91(83)103-92-72-30-14-11-21-61(72)43-51-84(92)97)66-39-36-59(37-40-66)68-41-38-63-45-53-86-94(76(63)54-68)104-93-73-31-15-12-22-62(73)44-52-85(93)98(86)79-34-18-16-32-74(79)77-55-69(46-48-81(77)98)90-58-88(65-25-6-2-7-26-65)99-95(102-90)67-27-8-3-9-28-67/h1-58H. The van der Waals surface area contributed by atoms with Crippen LogP contribution in [-0.4, -0.2) is 19.9 Å². The van der Waals surface area contributed by atoms with Gasteiger partial charge in [0.1, 0.15) is 23.0 Å². The molecule has 104 heavy (non-hydrogen) atoms. The quantitative estimate of drug-likeness (QED) is 0.158. The number of ether oxygens (including phenoxy) is 2. The van der Waals surface area contributed by atoms with E-state index in [0.717, 1.165) is 167 Å². The average molecular weight is 1320 g/mol. The smallest absolute Gasteiger partial charge is 0.160 e. The van der Waals surface area contributed by atoms with E-state index in [0.29, 0.717) is 11.6 Å². The summed E-state index contributed by atoms with van der Waals surface area (Å²) in [6.07, 6.45) is 0. The van der Waals surface area contributed by atoms with Gasteiger partial charge in [-0.05, 0) is 108 Å². The van der Waals surface area contributed by atoms with E-state index in [1.807, 2.05) is 24.3 Å². The first-order valence-electron chi connectivity index (χ1n) is 35.6. The monoisotopic (exact) mass is 1320 g/mol. The average Bonchev–Trinajstić information content (AvgIpc) is 1.46. The minimum absolute atomic E-state index is 0.649. The number of aromatic nitrogens is 4. The summed E-state index contributed by atoms with van der Waals surface area (Å²) in [5, 5.41) is 8.77. The molecular formula is C98H58N4O2. The molecule has 482 valence electrons. The van der Waals surface area contributed by atoms with Crippen LogP contribution in [-0.2, 0) is 10.8 Å². The lowest BCUT2D eigenvalue weighted by molar-refractivity contribution is 0.447.